The molecule has 1 rings (SSSR count). The Hall–Kier alpha value is -0.650. The summed E-state index contributed by atoms with van der Waals surface area (Å²) in [6.45, 7) is 2.53. The first kappa shape index (κ1) is 15.4. The zero-order valence-electron chi connectivity index (χ0n) is 10.7. The van der Waals surface area contributed by atoms with Crippen molar-refractivity contribution in [1.82, 2.24) is 4.90 Å². The van der Waals surface area contributed by atoms with Crippen LogP contribution >= 0.6 is 11.6 Å². The second-order valence-electron chi connectivity index (χ2n) is 4.06. The van der Waals surface area contributed by atoms with Crippen molar-refractivity contribution >= 4 is 11.6 Å². The van der Waals surface area contributed by atoms with Gasteiger partial charge in [-0.05, 0) is 17.7 Å². The normalized spacial score (nSPS) is 12.9. The molecule has 0 aliphatic heterocycles. The van der Waals surface area contributed by atoms with Crippen molar-refractivity contribution in [2.75, 3.05) is 40.0 Å². The maximum Gasteiger partial charge on any atom is 0.0589 e. The van der Waals surface area contributed by atoms with Gasteiger partial charge in [0.05, 0.1) is 13.2 Å². The molecule has 0 amide bonds. The first-order chi connectivity index (χ1) is 8.72. The molecule has 0 bridgehead atoms. The Morgan fingerprint density at radius 3 is 2.50 bits per heavy atom. The lowest BCUT2D eigenvalue weighted by atomic mass is 10.1. The summed E-state index contributed by atoms with van der Waals surface area (Å²) in [7, 11) is 1.66. The quantitative estimate of drug-likeness (QED) is 0.749. The first-order valence-electron chi connectivity index (χ1n) is 6.02. The highest BCUT2D eigenvalue weighted by Gasteiger charge is 2.18. The predicted octanol–water partition coefficient (Wildman–Crippen LogP) is 1.28. The van der Waals surface area contributed by atoms with E-state index in [1.165, 1.54) is 0 Å². The zero-order chi connectivity index (χ0) is 13.4. The standard InChI is InChI=1S/C13H21ClN2O2/c1-18-9-7-16(6-8-17)13(10-15)11-2-4-12(14)5-3-11/h2-5,13,17H,6-10,15H2,1H3. The third kappa shape index (κ3) is 4.55. The van der Waals surface area contributed by atoms with E-state index in [9.17, 15) is 0 Å². The van der Waals surface area contributed by atoms with Crippen LogP contribution in [-0.4, -0.2) is 50.0 Å². The first-order valence-corrected chi connectivity index (χ1v) is 6.40. The van der Waals surface area contributed by atoms with Gasteiger partial charge < -0.3 is 15.6 Å². The maximum atomic E-state index is 9.13. The lowest BCUT2D eigenvalue weighted by molar-refractivity contribution is 0.103. The highest BCUT2D eigenvalue weighted by atomic mass is 35.5. The Kier molecular flexibility index (Phi) is 7.23. The van der Waals surface area contributed by atoms with Crippen LogP contribution in [0, 0.1) is 0 Å². The van der Waals surface area contributed by atoms with Gasteiger partial charge in [0.25, 0.3) is 0 Å². The summed E-state index contributed by atoms with van der Waals surface area (Å²) < 4.78 is 5.08. The monoisotopic (exact) mass is 272 g/mol. The number of benzene rings is 1. The Balaban J connectivity index is 2.79. The molecule has 0 aliphatic rings. The second kappa shape index (κ2) is 8.45. The molecule has 1 unspecified atom stereocenters. The minimum Gasteiger partial charge on any atom is -0.395 e. The summed E-state index contributed by atoms with van der Waals surface area (Å²) >= 11 is 5.88. The molecule has 1 aromatic carbocycles. The number of hydrogen-bond acceptors (Lipinski definition) is 4. The molecule has 0 radical (unpaired) electrons. The number of ether oxygens (including phenoxy) is 1. The van der Waals surface area contributed by atoms with Crippen LogP contribution in [-0.2, 0) is 4.74 Å². The number of nitrogens with zero attached hydrogens (tertiary/aromatic N) is 1. The highest BCUT2D eigenvalue weighted by Crippen LogP contribution is 2.21. The number of halogens is 1. The fourth-order valence-electron chi connectivity index (χ4n) is 1.94. The van der Waals surface area contributed by atoms with Gasteiger partial charge in [-0.1, -0.05) is 23.7 Å². The van der Waals surface area contributed by atoms with Crippen LogP contribution in [0.25, 0.3) is 0 Å². The van der Waals surface area contributed by atoms with Crippen LogP contribution in [0.1, 0.15) is 11.6 Å². The van der Waals surface area contributed by atoms with Gasteiger partial charge in [-0.25, -0.2) is 0 Å². The molecule has 0 spiro atoms. The lowest BCUT2D eigenvalue weighted by Gasteiger charge is -2.30. The molecule has 0 heterocycles. The van der Waals surface area contributed by atoms with Gasteiger partial charge >= 0.3 is 0 Å². The Labute approximate surface area is 113 Å². The molecule has 4 nitrogen and oxygen atoms in total. The number of rotatable bonds is 8. The van der Waals surface area contributed by atoms with E-state index in [0.717, 1.165) is 12.1 Å². The van der Waals surface area contributed by atoms with E-state index in [1.54, 1.807) is 7.11 Å². The van der Waals surface area contributed by atoms with Gasteiger partial charge in [-0.3, -0.25) is 4.90 Å². The third-order valence-corrected chi connectivity index (χ3v) is 3.14. The average Bonchev–Trinajstić information content (AvgIpc) is 2.39. The van der Waals surface area contributed by atoms with E-state index >= 15 is 0 Å². The van der Waals surface area contributed by atoms with Crippen molar-refractivity contribution in [3.63, 3.8) is 0 Å². The van der Waals surface area contributed by atoms with Crippen LogP contribution < -0.4 is 5.73 Å². The van der Waals surface area contributed by atoms with Crippen molar-refractivity contribution < 1.29 is 9.84 Å². The van der Waals surface area contributed by atoms with E-state index in [2.05, 4.69) is 4.90 Å². The molecule has 3 N–H and O–H groups in total. The lowest BCUT2D eigenvalue weighted by Crippen LogP contribution is -2.38. The second-order valence-corrected chi connectivity index (χ2v) is 4.49. The third-order valence-electron chi connectivity index (χ3n) is 2.89. The van der Waals surface area contributed by atoms with E-state index in [-0.39, 0.29) is 12.6 Å². The molecule has 0 aliphatic carbocycles. The summed E-state index contributed by atoms with van der Waals surface area (Å²) in [5.41, 5.74) is 6.95. The van der Waals surface area contributed by atoms with Crippen molar-refractivity contribution in [3.05, 3.63) is 34.9 Å². The molecule has 1 atom stereocenters. The molecule has 0 aromatic heterocycles. The van der Waals surface area contributed by atoms with Gasteiger partial charge in [0.2, 0.25) is 0 Å². The van der Waals surface area contributed by atoms with Crippen LogP contribution in [0.3, 0.4) is 0 Å². The van der Waals surface area contributed by atoms with E-state index in [1.807, 2.05) is 24.3 Å². The van der Waals surface area contributed by atoms with E-state index in [4.69, 9.17) is 27.2 Å². The SMILES string of the molecule is COCCN(CCO)C(CN)c1ccc(Cl)cc1. The Bertz CT molecular complexity index is 332. The number of nitrogens with two attached hydrogens (primary N) is 1. The molecule has 18 heavy (non-hydrogen) atoms. The van der Waals surface area contributed by atoms with Crippen molar-refractivity contribution in [2.45, 2.75) is 6.04 Å². The van der Waals surface area contributed by atoms with Crippen molar-refractivity contribution in [2.24, 2.45) is 5.73 Å². The summed E-state index contributed by atoms with van der Waals surface area (Å²) in [4.78, 5) is 2.12. The predicted molar refractivity (Wildman–Crippen MR) is 73.8 cm³/mol. The van der Waals surface area contributed by atoms with Gasteiger partial charge in [-0.2, -0.15) is 0 Å². The number of aliphatic hydroxyl groups is 1. The molecule has 0 saturated heterocycles. The molecule has 5 heteroatoms. The van der Waals surface area contributed by atoms with Crippen LogP contribution in [0.4, 0.5) is 0 Å². The fourth-order valence-corrected chi connectivity index (χ4v) is 2.07. The molecular formula is C13H21ClN2O2. The summed E-state index contributed by atoms with van der Waals surface area (Å²) in [5.74, 6) is 0. The van der Waals surface area contributed by atoms with Gasteiger partial charge in [0.1, 0.15) is 0 Å². The molecular weight excluding hydrogens is 252 g/mol. The smallest absolute Gasteiger partial charge is 0.0589 e. The van der Waals surface area contributed by atoms with Crippen LogP contribution in [0.2, 0.25) is 5.02 Å². The fraction of sp³-hybridized carbons (Fsp3) is 0.538. The molecule has 0 fully saturated rings. The zero-order valence-corrected chi connectivity index (χ0v) is 11.4. The van der Waals surface area contributed by atoms with Gasteiger partial charge in [0, 0.05) is 37.8 Å². The van der Waals surface area contributed by atoms with Crippen molar-refractivity contribution in [1.29, 1.82) is 0 Å². The topological polar surface area (TPSA) is 58.7 Å². The minimum atomic E-state index is 0.0737. The minimum absolute atomic E-state index is 0.0737. The van der Waals surface area contributed by atoms with Gasteiger partial charge in [-0.15, -0.1) is 0 Å². The summed E-state index contributed by atoms with van der Waals surface area (Å²) in [6.07, 6.45) is 0. The Morgan fingerprint density at radius 1 is 1.33 bits per heavy atom. The van der Waals surface area contributed by atoms with E-state index in [0.29, 0.717) is 24.7 Å². The van der Waals surface area contributed by atoms with Crippen LogP contribution in [0.5, 0.6) is 0 Å². The van der Waals surface area contributed by atoms with Crippen LogP contribution in [0.15, 0.2) is 24.3 Å². The molecule has 1 aromatic rings. The Morgan fingerprint density at radius 2 is 2.00 bits per heavy atom. The highest BCUT2D eigenvalue weighted by molar-refractivity contribution is 6.30. The van der Waals surface area contributed by atoms with Crippen molar-refractivity contribution in [3.8, 4) is 0 Å². The number of aliphatic hydroxyl groups excluding tert-OH is 1. The number of methoxy groups -OCH3 is 1. The molecule has 0 saturated carbocycles. The number of hydrogen-bond donors (Lipinski definition) is 2. The van der Waals surface area contributed by atoms with Gasteiger partial charge in [0.15, 0.2) is 0 Å². The van der Waals surface area contributed by atoms with E-state index < -0.39 is 0 Å². The summed E-state index contributed by atoms with van der Waals surface area (Å²) in [5, 5.41) is 9.84. The average molecular weight is 273 g/mol. The summed E-state index contributed by atoms with van der Waals surface area (Å²) in [6, 6.07) is 7.72. The largest absolute Gasteiger partial charge is 0.395 e. The molecule has 102 valence electrons. The maximum absolute atomic E-state index is 9.13.